The van der Waals surface area contributed by atoms with Gasteiger partial charge < -0.3 is 0 Å². The van der Waals surface area contributed by atoms with Crippen LogP contribution in [-0.4, -0.2) is 40.1 Å². The fourth-order valence-electron chi connectivity index (χ4n) is 16.8. The zero-order valence-electron chi connectivity index (χ0n) is 49.0. The van der Waals surface area contributed by atoms with Gasteiger partial charge in [-0.1, -0.05) is 137 Å². The number of nitrogens with zero attached hydrogens (tertiary/aromatic N) is 8. The molecule has 402 valence electrons. The second kappa shape index (κ2) is 19.0. The number of hydrogen-bond donors (Lipinski definition) is 0. The zero-order chi connectivity index (χ0) is 56.9. The number of hydrogen-bond acceptors (Lipinski definition) is 4. The van der Waals surface area contributed by atoms with Crippen molar-refractivity contribution in [3.63, 3.8) is 0 Å². The Morgan fingerprint density at radius 2 is 0.706 bits per heavy atom. The first-order valence-corrected chi connectivity index (χ1v) is 30.2. The Hall–Kier alpha value is -9.47. The van der Waals surface area contributed by atoms with Gasteiger partial charge in [0.1, 0.15) is 40.8 Å². The summed E-state index contributed by atoms with van der Waals surface area (Å²) in [5.74, 6) is 0. The summed E-state index contributed by atoms with van der Waals surface area (Å²) in [7, 11) is 8.75. The highest BCUT2D eigenvalue weighted by atomic mass is 15.0. The highest BCUT2D eigenvalue weighted by Crippen LogP contribution is 2.32. The van der Waals surface area contributed by atoms with E-state index in [0.29, 0.717) is 6.71 Å². The van der Waals surface area contributed by atoms with Crippen LogP contribution in [0.15, 0.2) is 189 Å². The number of benzene rings is 7. The summed E-state index contributed by atoms with van der Waals surface area (Å²) in [5.41, 5.74) is 31.9. The smallest absolute Gasteiger partial charge is 0.242 e. The van der Waals surface area contributed by atoms with Crippen LogP contribution in [0, 0.1) is 13.8 Å². The van der Waals surface area contributed by atoms with Crippen LogP contribution in [0.1, 0.15) is 78.4 Å². The molecular weight excluding hydrogens is 1030 g/mol. The SMILES string of the molecule is C[n+]1cccc2c1B1c3c(cccc3Cc3c1[n+](C)cc1ccccc31)C2.C[n+]1cccc2c1B1c3c(ncnc3Cc3c1[n+](C)cc1ccccc31)C2.Cc1cc2ccccc2c2c1B1c3c(ncnc3Cc3c1c(C)cc1ccccc31)C2. The quantitative estimate of drug-likeness (QED) is 0.170. The largest absolute Gasteiger partial charge is 0.410 e. The van der Waals surface area contributed by atoms with Crippen molar-refractivity contribution in [1.82, 2.24) is 19.9 Å². The minimum atomic E-state index is 0.185. The van der Waals surface area contributed by atoms with Gasteiger partial charge in [-0.05, 0) is 109 Å². The summed E-state index contributed by atoms with van der Waals surface area (Å²) < 4.78 is 9.32. The number of pyridine rings is 4. The van der Waals surface area contributed by atoms with Gasteiger partial charge in [-0.25, -0.2) is 38.2 Å². The van der Waals surface area contributed by atoms with Gasteiger partial charge in [0.15, 0.2) is 47.2 Å². The molecule has 19 rings (SSSR count). The third-order valence-corrected chi connectivity index (χ3v) is 20.1. The van der Waals surface area contributed by atoms with E-state index in [-0.39, 0.29) is 13.4 Å². The molecule has 0 aliphatic carbocycles. The van der Waals surface area contributed by atoms with Crippen LogP contribution in [0.2, 0.25) is 0 Å². The van der Waals surface area contributed by atoms with E-state index < -0.39 is 0 Å². The summed E-state index contributed by atoms with van der Waals surface area (Å²) in [5, 5.41) is 10.7. The molecule has 85 heavy (non-hydrogen) atoms. The Labute approximate surface area is 496 Å². The lowest BCUT2D eigenvalue weighted by Gasteiger charge is -2.35. The predicted molar refractivity (Wildman–Crippen MR) is 344 cm³/mol. The van der Waals surface area contributed by atoms with E-state index in [1.54, 1.807) is 18.1 Å². The van der Waals surface area contributed by atoms with Crippen molar-refractivity contribution in [1.29, 1.82) is 0 Å². The van der Waals surface area contributed by atoms with Gasteiger partial charge in [-0.15, -0.1) is 0 Å². The van der Waals surface area contributed by atoms with Crippen molar-refractivity contribution >= 4 is 113 Å². The molecule has 0 unspecified atom stereocenters. The summed E-state index contributed by atoms with van der Waals surface area (Å²) >= 11 is 0. The van der Waals surface area contributed by atoms with E-state index in [1.165, 1.54) is 166 Å². The summed E-state index contributed by atoms with van der Waals surface area (Å²) in [6.07, 6.45) is 18.0. The zero-order valence-corrected chi connectivity index (χ0v) is 49.0. The van der Waals surface area contributed by atoms with Crippen LogP contribution in [0.3, 0.4) is 0 Å². The topological polar surface area (TPSA) is 67.1 Å². The molecule has 0 bridgehead atoms. The Morgan fingerprint density at radius 1 is 0.318 bits per heavy atom. The first-order chi connectivity index (χ1) is 41.6. The average Bonchev–Trinajstić information content (AvgIpc) is 1.23. The van der Waals surface area contributed by atoms with Crippen LogP contribution in [0.25, 0.3) is 43.1 Å². The lowest BCUT2D eigenvalue weighted by molar-refractivity contribution is -0.658. The molecule has 8 nitrogen and oxygen atoms in total. The maximum Gasteiger partial charge on any atom is 0.410 e. The molecule has 0 saturated heterocycles. The fraction of sp³-hybridized carbons (Fsp3) is 0.162. The van der Waals surface area contributed by atoms with E-state index in [0.717, 1.165) is 38.5 Å². The van der Waals surface area contributed by atoms with Crippen molar-refractivity contribution in [2.75, 3.05) is 0 Å². The Balaban J connectivity index is 0.000000100. The monoisotopic (exact) mass is 1090 g/mol. The second-order valence-corrected chi connectivity index (χ2v) is 24.8. The number of rotatable bonds is 0. The summed E-state index contributed by atoms with van der Waals surface area (Å²) in [4.78, 5) is 19.0. The van der Waals surface area contributed by atoms with Crippen LogP contribution in [-0.2, 0) is 66.7 Å². The first-order valence-electron chi connectivity index (χ1n) is 30.2. The van der Waals surface area contributed by atoms with Gasteiger partial charge in [0.2, 0.25) is 6.71 Å². The summed E-state index contributed by atoms with van der Waals surface area (Å²) in [6.45, 7) is 5.27. The van der Waals surface area contributed by atoms with Crippen molar-refractivity contribution in [2.24, 2.45) is 28.2 Å². The maximum absolute atomic E-state index is 4.80. The molecule has 13 aromatic rings. The number of aryl methyl sites for hydroxylation is 6. The summed E-state index contributed by atoms with van der Waals surface area (Å²) in [6, 6.07) is 55.6. The van der Waals surface area contributed by atoms with Crippen LogP contribution in [0.5, 0.6) is 0 Å². The standard InChI is InChI=1S/C28H21BN2.C24H21BN2.C22H19BN4/c1-16-11-18-7-3-5-9-20(18)22-13-24-28-25(31-15-30-24)14-23-21-10-6-4-8-19(21)12-17(2)27(23)29(28)26(16)22;1-26-12-6-10-18-13-16-8-5-9-17-14-21-20-11-4-3-7-19(20)15-27(2)24(21)25(22(16)17)23(18)26;1-26-9-5-7-14-10-18-20-19(25-13-24-18)11-17-16-8-4-3-6-15(16)12-27(2)22(17)23(20)21(14)26/h3-12,15H,13-14H2,1-2H3;3-12,15H,13-14H2,1-2H3;3-9,12-13H,10-11H2,1-2H3/q;2*+2. The number of aromatic nitrogens is 8. The molecule has 0 amide bonds. The second-order valence-electron chi connectivity index (χ2n) is 24.8. The highest BCUT2D eigenvalue weighted by Gasteiger charge is 2.51. The van der Waals surface area contributed by atoms with Gasteiger partial charge in [-0.2, -0.15) is 0 Å². The Morgan fingerprint density at radius 3 is 1.22 bits per heavy atom. The van der Waals surface area contributed by atoms with E-state index in [2.05, 4.69) is 242 Å². The third kappa shape index (κ3) is 7.51. The van der Waals surface area contributed by atoms with Gasteiger partial charge in [-0.3, -0.25) is 0 Å². The Kier molecular flexibility index (Phi) is 11.2. The highest BCUT2D eigenvalue weighted by molar-refractivity contribution is 6.98. The van der Waals surface area contributed by atoms with Crippen molar-refractivity contribution in [3.05, 3.63) is 268 Å². The van der Waals surface area contributed by atoms with Crippen molar-refractivity contribution in [2.45, 2.75) is 52.4 Å². The molecule has 0 fully saturated rings. The van der Waals surface area contributed by atoms with E-state index in [1.807, 2.05) is 0 Å². The van der Waals surface area contributed by atoms with E-state index >= 15 is 0 Å². The van der Waals surface area contributed by atoms with Crippen LogP contribution in [0.4, 0.5) is 0 Å². The molecule has 0 atom stereocenters. The third-order valence-electron chi connectivity index (χ3n) is 20.1. The molecule has 11 heteroatoms. The van der Waals surface area contributed by atoms with Crippen LogP contribution < -0.4 is 68.0 Å². The molecule has 0 N–H and O–H groups in total. The molecule has 6 aliphatic rings. The molecular formula is C74H61B3N8+4. The van der Waals surface area contributed by atoms with Crippen LogP contribution >= 0.6 is 0 Å². The van der Waals surface area contributed by atoms with E-state index in [4.69, 9.17) is 15.0 Å². The van der Waals surface area contributed by atoms with E-state index in [9.17, 15) is 0 Å². The van der Waals surface area contributed by atoms with Crippen molar-refractivity contribution in [3.8, 4) is 0 Å². The minimum absolute atomic E-state index is 0.185. The Bertz CT molecular complexity index is 4750. The first kappa shape index (κ1) is 50.1. The molecule has 0 radical (unpaired) electrons. The predicted octanol–water partition coefficient (Wildman–Crippen LogP) is 4.14. The van der Waals surface area contributed by atoms with Gasteiger partial charge in [0.25, 0.3) is 0 Å². The number of fused-ring (bicyclic) bond motifs is 20. The normalized spacial score (nSPS) is 13.9. The average molecular weight is 1090 g/mol. The van der Waals surface area contributed by atoms with Crippen molar-refractivity contribution < 1.29 is 18.3 Å². The molecule has 6 aliphatic heterocycles. The lowest BCUT2D eigenvalue weighted by atomic mass is 9.30. The molecule has 0 spiro atoms. The lowest BCUT2D eigenvalue weighted by Crippen LogP contribution is -2.75. The van der Waals surface area contributed by atoms with Gasteiger partial charge in [0.05, 0.1) is 0 Å². The molecule has 12 heterocycles. The minimum Gasteiger partial charge on any atom is -0.242 e. The van der Waals surface area contributed by atoms with Gasteiger partial charge >= 0.3 is 13.4 Å². The molecule has 6 aromatic heterocycles. The fourth-order valence-corrected chi connectivity index (χ4v) is 16.8. The maximum atomic E-state index is 4.80. The van der Waals surface area contributed by atoms with Gasteiger partial charge in [0, 0.05) is 106 Å². The molecule has 0 saturated carbocycles. The molecule has 7 aromatic carbocycles.